The van der Waals surface area contributed by atoms with Crippen LogP contribution in [0.4, 0.5) is 0 Å². The molecule has 0 spiro atoms. The number of amides is 1. The Kier molecular flexibility index (Phi) is 6.71. The van der Waals surface area contributed by atoms with Gasteiger partial charge in [-0.25, -0.2) is 8.42 Å². The van der Waals surface area contributed by atoms with Crippen molar-refractivity contribution in [1.82, 2.24) is 14.5 Å². The van der Waals surface area contributed by atoms with Gasteiger partial charge in [-0.3, -0.25) is 4.79 Å². The number of thiophene rings is 1. The molecule has 0 unspecified atom stereocenters. The van der Waals surface area contributed by atoms with Gasteiger partial charge in [-0.1, -0.05) is 13.0 Å². The molecule has 6 nitrogen and oxygen atoms in total. The summed E-state index contributed by atoms with van der Waals surface area (Å²) in [5.74, 6) is 0.0329. The molecule has 2 aliphatic rings. The minimum absolute atomic E-state index is 0.0709. The van der Waals surface area contributed by atoms with Crippen LogP contribution in [0.15, 0.2) is 21.7 Å². The standard InChI is InChI=1S/C18H29N3O3S2/c1-2-9-20-10-7-16(8-11-20)19-18(22)15-5-12-21(13-6-15)26(23,24)17-4-3-14-25-17/h3-4,14-16H,2,5-13H2,1H3,(H,19,22). The van der Waals surface area contributed by atoms with E-state index < -0.39 is 10.0 Å². The summed E-state index contributed by atoms with van der Waals surface area (Å²) in [4.78, 5) is 15.0. The zero-order valence-electron chi connectivity index (χ0n) is 15.4. The molecule has 2 fully saturated rings. The van der Waals surface area contributed by atoms with Gasteiger partial charge >= 0.3 is 0 Å². The van der Waals surface area contributed by atoms with E-state index in [-0.39, 0.29) is 17.9 Å². The zero-order chi connectivity index (χ0) is 18.6. The number of hydrogen-bond donors (Lipinski definition) is 1. The second-order valence-electron chi connectivity index (χ2n) is 7.23. The van der Waals surface area contributed by atoms with Gasteiger partial charge in [-0.15, -0.1) is 11.3 Å². The van der Waals surface area contributed by atoms with E-state index in [1.54, 1.807) is 17.5 Å². The molecule has 2 saturated heterocycles. The van der Waals surface area contributed by atoms with Crippen LogP contribution in [0.5, 0.6) is 0 Å². The van der Waals surface area contributed by atoms with Crippen LogP contribution in [-0.4, -0.2) is 62.3 Å². The summed E-state index contributed by atoms with van der Waals surface area (Å²) in [6.07, 6.45) is 4.40. The van der Waals surface area contributed by atoms with Crippen molar-refractivity contribution in [2.75, 3.05) is 32.7 Å². The lowest BCUT2D eigenvalue weighted by atomic mass is 9.96. The molecule has 3 rings (SSSR count). The van der Waals surface area contributed by atoms with Crippen LogP contribution in [-0.2, 0) is 14.8 Å². The Labute approximate surface area is 160 Å². The number of hydrogen-bond acceptors (Lipinski definition) is 5. The van der Waals surface area contributed by atoms with Crippen LogP contribution in [0.25, 0.3) is 0 Å². The molecule has 1 aromatic heterocycles. The average molecular weight is 400 g/mol. The molecule has 3 heterocycles. The molecule has 26 heavy (non-hydrogen) atoms. The molecule has 2 aliphatic heterocycles. The van der Waals surface area contributed by atoms with Crippen molar-refractivity contribution in [2.24, 2.45) is 5.92 Å². The number of carbonyl (C=O) groups is 1. The van der Waals surface area contributed by atoms with E-state index in [1.807, 2.05) is 0 Å². The van der Waals surface area contributed by atoms with Crippen molar-refractivity contribution in [1.29, 1.82) is 0 Å². The fourth-order valence-electron chi connectivity index (χ4n) is 3.83. The summed E-state index contributed by atoms with van der Waals surface area (Å²) in [7, 11) is -3.39. The lowest BCUT2D eigenvalue weighted by Crippen LogP contribution is -2.48. The topological polar surface area (TPSA) is 69.7 Å². The molecule has 146 valence electrons. The summed E-state index contributed by atoms with van der Waals surface area (Å²) in [5, 5.41) is 4.98. The minimum Gasteiger partial charge on any atom is -0.353 e. The summed E-state index contributed by atoms with van der Waals surface area (Å²) >= 11 is 1.24. The zero-order valence-corrected chi connectivity index (χ0v) is 17.0. The molecular formula is C18H29N3O3S2. The number of rotatable bonds is 6. The molecule has 0 aromatic carbocycles. The first kappa shape index (κ1) is 19.8. The Bertz CT molecular complexity index is 675. The molecule has 0 saturated carbocycles. The van der Waals surface area contributed by atoms with E-state index in [4.69, 9.17) is 0 Å². The number of nitrogens with one attached hydrogen (secondary N) is 1. The molecule has 8 heteroatoms. The van der Waals surface area contributed by atoms with Gasteiger partial charge < -0.3 is 10.2 Å². The summed E-state index contributed by atoms with van der Waals surface area (Å²) in [6, 6.07) is 3.66. The highest BCUT2D eigenvalue weighted by Crippen LogP contribution is 2.26. The van der Waals surface area contributed by atoms with E-state index in [2.05, 4.69) is 17.1 Å². The highest BCUT2D eigenvalue weighted by molar-refractivity contribution is 7.91. The molecule has 1 N–H and O–H groups in total. The third-order valence-corrected chi connectivity index (χ3v) is 8.66. The van der Waals surface area contributed by atoms with Gasteiger partial charge in [0.15, 0.2) is 0 Å². The highest BCUT2D eigenvalue weighted by Gasteiger charge is 2.33. The lowest BCUT2D eigenvalue weighted by molar-refractivity contribution is -0.127. The van der Waals surface area contributed by atoms with E-state index in [0.29, 0.717) is 30.1 Å². The maximum Gasteiger partial charge on any atom is 0.252 e. The monoisotopic (exact) mass is 399 g/mol. The average Bonchev–Trinajstić information content (AvgIpc) is 3.19. The van der Waals surface area contributed by atoms with Gasteiger partial charge in [0.2, 0.25) is 5.91 Å². The smallest absolute Gasteiger partial charge is 0.252 e. The Morgan fingerprint density at radius 2 is 1.88 bits per heavy atom. The SMILES string of the molecule is CCCN1CCC(NC(=O)C2CCN(S(=O)(=O)c3cccs3)CC2)CC1. The van der Waals surface area contributed by atoms with Crippen LogP contribution < -0.4 is 5.32 Å². The van der Waals surface area contributed by atoms with E-state index in [1.165, 1.54) is 22.1 Å². The summed E-state index contributed by atoms with van der Waals surface area (Å²) in [5.41, 5.74) is 0. The van der Waals surface area contributed by atoms with Crippen molar-refractivity contribution in [2.45, 2.75) is 49.3 Å². The second kappa shape index (κ2) is 8.82. The number of likely N-dealkylation sites (tertiary alicyclic amines) is 1. The molecule has 0 radical (unpaired) electrons. The number of carbonyl (C=O) groups excluding carboxylic acids is 1. The fourth-order valence-corrected chi connectivity index (χ4v) is 6.45. The molecule has 0 atom stereocenters. The van der Waals surface area contributed by atoms with Crippen LogP contribution in [0.2, 0.25) is 0 Å². The summed E-state index contributed by atoms with van der Waals surface area (Å²) in [6.45, 7) is 6.28. The summed E-state index contributed by atoms with van der Waals surface area (Å²) < 4.78 is 27.0. The van der Waals surface area contributed by atoms with Gasteiger partial charge in [0, 0.05) is 38.1 Å². The molecule has 1 aromatic rings. The van der Waals surface area contributed by atoms with E-state index in [9.17, 15) is 13.2 Å². The normalized spacial score (nSPS) is 21.7. The van der Waals surface area contributed by atoms with Gasteiger partial charge in [0.1, 0.15) is 4.21 Å². The molecule has 0 aliphatic carbocycles. The van der Waals surface area contributed by atoms with Crippen molar-refractivity contribution in [3.63, 3.8) is 0 Å². The second-order valence-corrected chi connectivity index (χ2v) is 10.3. The predicted octanol–water partition coefficient (Wildman–Crippen LogP) is 2.14. The maximum atomic E-state index is 12.6. The van der Waals surface area contributed by atoms with Gasteiger partial charge in [-0.05, 0) is 50.1 Å². The fraction of sp³-hybridized carbons (Fsp3) is 0.722. The van der Waals surface area contributed by atoms with Crippen molar-refractivity contribution in [3.8, 4) is 0 Å². The van der Waals surface area contributed by atoms with Gasteiger partial charge in [-0.2, -0.15) is 4.31 Å². The number of sulfonamides is 1. The third kappa shape index (κ3) is 4.65. The highest BCUT2D eigenvalue weighted by atomic mass is 32.2. The maximum absolute atomic E-state index is 12.6. The Hall–Kier alpha value is -0.960. The van der Waals surface area contributed by atoms with E-state index >= 15 is 0 Å². The van der Waals surface area contributed by atoms with Gasteiger partial charge in [0.05, 0.1) is 0 Å². The van der Waals surface area contributed by atoms with Crippen molar-refractivity contribution < 1.29 is 13.2 Å². The quantitative estimate of drug-likeness (QED) is 0.796. The first-order valence-electron chi connectivity index (χ1n) is 9.57. The van der Waals surface area contributed by atoms with Crippen LogP contribution in [0.3, 0.4) is 0 Å². The first-order valence-corrected chi connectivity index (χ1v) is 11.9. The Balaban J connectivity index is 1.46. The van der Waals surface area contributed by atoms with Crippen LogP contribution in [0, 0.1) is 5.92 Å². The molecular weight excluding hydrogens is 370 g/mol. The first-order chi connectivity index (χ1) is 12.5. The van der Waals surface area contributed by atoms with Crippen LogP contribution >= 0.6 is 11.3 Å². The minimum atomic E-state index is -3.39. The molecule has 0 bridgehead atoms. The number of nitrogens with zero attached hydrogens (tertiary/aromatic N) is 2. The van der Waals surface area contributed by atoms with E-state index in [0.717, 1.165) is 32.5 Å². The number of piperidine rings is 2. The third-order valence-electron chi connectivity index (χ3n) is 5.39. The lowest BCUT2D eigenvalue weighted by Gasteiger charge is -2.34. The Morgan fingerprint density at radius 1 is 1.19 bits per heavy atom. The van der Waals surface area contributed by atoms with Crippen molar-refractivity contribution in [3.05, 3.63) is 17.5 Å². The van der Waals surface area contributed by atoms with Crippen molar-refractivity contribution >= 4 is 27.3 Å². The van der Waals surface area contributed by atoms with Gasteiger partial charge in [0.25, 0.3) is 10.0 Å². The molecule has 1 amide bonds. The predicted molar refractivity (Wildman–Crippen MR) is 104 cm³/mol. The van der Waals surface area contributed by atoms with Crippen LogP contribution in [0.1, 0.15) is 39.0 Å². The Morgan fingerprint density at radius 3 is 2.46 bits per heavy atom. The largest absolute Gasteiger partial charge is 0.353 e.